The molecule has 0 bridgehead atoms. The Labute approximate surface area is 125 Å². The molecule has 8 nitrogen and oxygen atoms in total. The average molecular weight is 387 g/mol. The van der Waals surface area contributed by atoms with Crippen LogP contribution in [-0.4, -0.2) is 26.0 Å². The zero-order valence-corrected chi connectivity index (χ0v) is 11.8. The molecule has 0 aliphatic heterocycles. The van der Waals surface area contributed by atoms with Crippen LogP contribution in [0.25, 0.3) is 0 Å². The highest BCUT2D eigenvalue weighted by molar-refractivity contribution is 14.1. The van der Waals surface area contributed by atoms with E-state index in [0.717, 1.165) is 15.7 Å². The van der Waals surface area contributed by atoms with Gasteiger partial charge in [0.25, 0.3) is 5.69 Å². The van der Waals surface area contributed by atoms with Crippen molar-refractivity contribution in [3.05, 3.63) is 49.8 Å². The van der Waals surface area contributed by atoms with Gasteiger partial charge in [-0.05, 0) is 28.7 Å². The molecular formula is C11H6IN3O5. The summed E-state index contributed by atoms with van der Waals surface area (Å²) in [6, 6.07) is 3.43. The van der Waals surface area contributed by atoms with Gasteiger partial charge >= 0.3 is 12.0 Å². The van der Waals surface area contributed by atoms with Crippen molar-refractivity contribution in [1.82, 2.24) is 9.97 Å². The number of aromatic carboxylic acids is 1. The van der Waals surface area contributed by atoms with Crippen LogP contribution in [0.5, 0.6) is 11.8 Å². The van der Waals surface area contributed by atoms with Crippen molar-refractivity contribution in [2.75, 3.05) is 0 Å². The van der Waals surface area contributed by atoms with Gasteiger partial charge in [-0.3, -0.25) is 10.1 Å². The van der Waals surface area contributed by atoms with E-state index in [-0.39, 0.29) is 11.8 Å². The van der Waals surface area contributed by atoms with Gasteiger partial charge in [0.1, 0.15) is 11.3 Å². The summed E-state index contributed by atoms with van der Waals surface area (Å²) in [5.41, 5.74) is -0.966. The lowest BCUT2D eigenvalue weighted by atomic mass is 10.2. The average Bonchev–Trinajstić information content (AvgIpc) is 2.41. The number of halogens is 1. The predicted octanol–water partition coefficient (Wildman–Crippen LogP) is 2.48. The van der Waals surface area contributed by atoms with Gasteiger partial charge in [-0.15, -0.1) is 0 Å². The Bertz CT molecular complexity index is 674. The van der Waals surface area contributed by atoms with Gasteiger partial charge in [0, 0.05) is 28.1 Å². The molecule has 0 fully saturated rings. The number of rotatable bonds is 4. The fourth-order valence-corrected chi connectivity index (χ4v) is 1.65. The Morgan fingerprint density at radius 1 is 1.35 bits per heavy atom. The summed E-state index contributed by atoms with van der Waals surface area (Å²) in [6.07, 6.45) is 3.04. The highest BCUT2D eigenvalue weighted by Crippen LogP contribution is 2.26. The van der Waals surface area contributed by atoms with Crippen molar-refractivity contribution < 1.29 is 19.6 Å². The van der Waals surface area contributed by atoms with Gasteiger partial charge in [0.15, 0.2) is 0 Å². The monoisotopic (exact) mass is 387 g/mol. The smallest absolute Gasteiger partial charge is 0.342 e. The summed E-state index contributed by atoms with van der Waals surface area (Å²) in [6.45, 7) is 0. The van der Waals surface area contributed by atoms with Crippen LogP contribution >= 0.6 is 22.6 Å². The lowest BCUT2D eigenvalue weighted by molar-refractivity contribution is -0.385. The second kappa shape index (κ2) is 5.77. The molecule has 0 aliphatic carbocycles. The van der Waals surface area contributed by atoms with Crippen LogP contribution in [0.3, 0.4) is 0 Å². The highest BCUT2D eigenvalue weighted by Gasteiger charge is 2.20. The van der Waals surface area contributed by atoms with Gasteiger partial charge in [-0.1, -0.05) is 0 Å². The number of nitrogens with zero attached hydrogens (tertiary/aromatic N) is 3. The van der Waals surface area contributed by atoms with Gasteiger partial charge in [-0.2, -0.15) is 0 Å². The molecule has 2 aromatic rings. The van der Waals surface area contributed by atoms with Crippen molar-refractivity contribution in [2.45, 2.75) is 0 Å². The second-order valence-corrected chi connectivity index (χ2v) is 4.77. The Morgan fingerprint density at radius 2 is 2.00 bits per heavy atom. The minimum Gasteiger partial charge on any atom is -0.477 e. The number of carboxylic acid groups (broad SMARTS) is 1. The zero-order valence-electron chi connectivity index (χ0n) is 9.69. The standard InChI is InChI=1S/C11H6IN3O5/c12-6-4-13-11(14-5-6)20-7-1-2-9(15(18)19)8(3-7)10(16)17/h1-5H,(H,16,17). The number of benzene rings is 1. The van der Waals surface area contributed by atoms with Gasteiger partial charge in [0.2, 0.25) is 0 Å². The van der Waals surface area contributed by atoms with E-state index in [4.69, 9.17) is 9.84 Å². The van der Waals surface area contributed by atoms with Crippen molar-refractivity contribution in [1.29, 1.82) is 0 Å². The van der Waals surface area contributed by atoms with Crippen LogP contribution < -0.4 is 4.74 Å². The SMILES string of the molecule is O=C(O)c1cc(Oc2ncc(I)cn2)ccc1[N+](=O)[O-]. The molecule has 2 rings (SSSR count). The van der Waals surface area contributed by atoms with E-state index in [2.05, 4.69) is 9.97 Å². The van der Waals surface area contributed by atoms with E-state index in [1.807, 2.05) is 22.6 Å². The molecule has 0 atom stereocenters. The van der Waals surface area contributed by atoms with Crippen LogP contribution in [0.2, 0.25) is 0 Å². The number of ether oxygens (including phenoxy) is 1. The summed E-state index contributed by atoms with van der Waals surface area (Å²) in [5, 5.41) is 19.7. The summed E-state index contributed by atoms with van der Waals surface area (Å²) in [4.78, 5) is 28.7. The molecule has 1 N–H and O–H groups in total. The predicted molar refractivity (Wildman–Crippen MR) is 74.9 cm³/mol. The Hall–Kier alpha value is -2.30. The molecule has 1 aromatic heterocycles. The number of carbonyl (C=O) groups is 1. The van der Waals surface area contributed by atoms with E-state index < -0.39 is 22.1 Å². The molecule has 20 heavy (non-hydrogen) atoms. The number of nitro benzene ring substituents is 1. The molecule has 0 unspecified atom stereocenters. The van der Waals surface area contributed by atoms with E-state index >= 15 is 0 Å². The molecule has 0 saturated heterocycles. The highest BCUT2D eigenvalue weighted by atomic mass is 127. The number of hydrogen-bond acceptors (Lipinski definition) is 6. The van der Waals surface area contributed by atoms with Crippen molar-refractivity contribution >= 4 is 34.2 Å². The van der Waals surface area contributed by atoms with Crippen LogP contribution in [-0.2, 0) is 0 Å². The molecule has 0 spiro atoms. The van der Waals surface area contributed by atoms with Crippen LogP contribution in [0.15, 0.2) is 30.6 Å². The zero-order chi connectivity index (χ0) is 14.7. The lowest BCUT2D eigenvalue weighted by Gasteiger charge is -2.04. The number of aromatic nitrogens is 2. The van der Waals surface area contributed by atoms with E-state index in [9.17, 15) is 14.9 Å². The first-order chi connectivity index (χ1) is 9.47. The van der Waals surface area contributed by atoms with Gasteiger partial charge < -0.3 is 9.84 Å². The van der Waals surface area contributed by atoms with E-state index in [1.165, 1.54) is 18.5 Å². The normalized spacial score (nSPS) is 10.1. The summed E-state index contributed by atoms with van der Waals surface area (Å²) in [7, 11) is 0. The molecule has 0 radical (unpaired) electrons. The summed E-state index contributed by atoms with van der Waals surface area (Å²) in [5.74, 6) is -1.31. The Morgan fingerprint density at radius 3 is 2.55 bits per heavy atom. The van der Waals surface area contributed by atoms with Crippen molar-refractivity contribution in [3.63, 3.8) is 0 Å². The molecule has 0 amide bonds. The first-order valence-electron chi connectivity index (χ1n) is 5.14. The first-order valence-corrected chi connectivity index (χ1v) is 6.22. The maximum absolute atomic E-state index is 11.0. The fourth-order valence-electron chi connectivity index (χ4n) is 1.37. The largest absolute Gasteiger partial charge is 0.477 e. The fraction of sp³-hybridized carbons (Fsp3) is 0. The number of carboxylic acids is 1. The maximum atomic E-state index is 11.0. The van der Waals surface area contributed by atoms with Gasteiger partial charge in [-0.25, -0.2) is 14.8 Å². The number of hydrogen-bond donors (Lipinski definition) is 1. The summed E-state index contributed by atoms with van der Waals surface area (Å²) >= 11 is 2.02. The third-order valence-corrected chi connectivity index (χ3v) is 2.76. The lowest BCUT2D eigenvalue weighted by Crippen LogP contribution is -2.03. The third kappa shape index (κ3) is 3.17. The number of nitro groups is 1. The third-order valence-electron chi connectivity index (χ3n) is 2.20. The van der Waals surface area contributed by atoms with E-state index in [1.54, 1.807) is 0 Å². The Balaban J connectivity index is 2.34. The molecule has 0 saturated carbocycles. The molecule has 1 heterocycles. The maximum Gasteiger partial charge on any atom is 0.342 e. The second-order valence-electron chi connectivity index (χ2n) is 3.53. The molecule has 102 valence electrons. The van der Waals surface area contributed by atoms with Crippen LogP contribution in [0.4, 0.5) is 5.69 Å². The van der Waals surface area contributed by atoms with Crippen molar-refractivity contribution in [3.8, 4) is 11.8 Å². The Kier molecular flexibility index (Phi) is 4.08. The van der Waals surface area contributed by atoms with Crippen LogP contribution in [0, 0.1) is 13.7 Å². The molecule has 0 aliphatic rings. The molecule has 9 heteroatoms. The topological polar surface area (TPSA) is 115 Å². The summed E-state index contributed by atoms with van der Waals surface area (Å²) < 4.78 is 6.06. The quantitative estimate of drug-likeness (QED) is 0.487. The molecule has 1 aromatic carbocycles. The van der Waals surface area contributed by atoms with E-state index in [0.29, 0.717) is 0 Å². The minimum absolute atomic E-state index is 0.0237. The van der Waals surface area contributed by atoms with Gasteiger partial charge in [0.05, 0.1) is 4.92 Å². The molecular weight excluding hydrogens is 381 g/mol. The van der Waals surface area contributed by atoms with Crippen LogP contribution in [0.1, 0.15) is 10.4 Å². The first kappa shape index (κ1) is 14.1. The minimum atomic E-state index is -1.41. The van der Waals surface area contributed by atoms with Crippen molar-refractivity contribution in [2.24, 2.45) is 0 Å².